The second-order valence-electron chi connectivity index (χ2n) is 3.73. The highest BCUT2D eigenvalue weighted by Crippen LogP contribution is 2.24. The lowest BCUT2D eigenvalue weighted by atomic mass is 10.4. The number of rotatable bonds is 5. The van der Waals surface area contributed by atoms with Gasteiger partial charge in [0.05, 0.1) is 12.0 Å². The number of esters is 2. The number of methoxy groups -OCH3 is 1. The molecular formula is C12H9NO7S. The lowest BCUT2D eigenvalue weighted by Gasteiger charge is -2.00. The van der Waals surface area contributed by atoms with E-state index < -0.39 is 16.9 Å². The quantitative estimate of drug-likeness (QED) is 0.473. The van der Waals surface area contributed by atoms with Gasteiger partial charge >= 0.3 is 16.9 Å². The Bertz CT molecular complexity index is 687. The minimum Gasteiger partial charge on any atom is -0.463 e. The van der Waals surface area contributed by atoms with Crippen LogP contribution in [-0.2, 0) is 16.1 Å². The van der Waals surface area contributed by atoms with Crippen molar-refractivity contribution in [1.82, 2.24) is 0 Å². The summed E-state index contributed by atoms with van der Waals surface area (Å²) in [5, 5.41) is 10.4. The molecule has 0 aromatic carbocycles. The zero-order valence-electron chi connectivity index (χ0n) is 10.7. The summed E-state index contributed by atoms with van der Waals surface area (Å²) in [6.07, 6.45) is 0. The molecule has 0 fully saturated rings. The summed E-state index contributed by atoms with van der Waals surface area (Å²) in [6.45, 7) is -0.193. The van der Waals surface area contributed by atoms with Gasteiger partial charge in [0.1, 0.15) is 17.2 Å². The second kappa shape index (κ2) is 6.18. The molecule has 0 bridgehead atoms. The molecule has 0 aliphatic heterocycles. The van der Waals surface area contributed by atoms with E-state index in [1.54, 1.807) is 0 Å². The van der Waals surface area contributed by atoms with Gasteiger partial charge in [-0.2, -0.15) is 0 Å². The van der Waals surface area contributed by atoms with Gasteiger partial charge in [0, 0.05) is 6.07 Å². The normalized spacial score (nSPS) is 10.1. The lowest BCUT2D eigenvalue weighted by Crippen LogP contribution is -2.02. The van der Waals surface area contributed by atoms with Crippen LogP contribution in [0, 0.1) is 10.1 Å². The summed E-state index contributed by atoms with van der Waals surface area (Å²) in [6, 6.07) is 5.40. The summed E-state index contributed by atoms with van der Waals surface area (Å²) in [5.74, 6) is -1.09. The molecule has 0 unspecified atom stereocenters. The van der Waals surface area contributed by atoms with E-state index in [4.69, 9.17) is 9.15 Å². The maximum Gasteiger partial charge on any atom is 0.373 e. The number of thiophene rings is 1. The molecule has 0 saturated carbocycles. The summed E-state index contributed by atoms with van der Waals surface area (Å²) in [5.41, 5.74) is 0. The van der Waals surface area contributed by atoms with Crippen LogP contribution in [0.15, 0.2) is 28.7 Å². The molecule has 2 heterocycles. The van der Waals surface area contributed by atoms with Crippen molar-refractivity contribution >= 4 is 28.3 Å². The van der Waals surface area contributed by atoms with Crippen molar-refractivity contribution in [2.45, 2.75) is 6.61 Å². The largest absolute Gasteiger partial charge is 0.463 e. The van der Waals surface area contributed by atoms with Crippen LogP contribution in [0.1, 0.15) is 26.0 Å². The van der Waals surface area contributed by atoms with E-state index in [2.05, 4.69) is 4.74 Å². The van der Waals surface area contributed by atoms with E-state index in [0.717, 1.165) is 11.3 Å². The van der Waals surface area contributed by atoms with Gasteiger partial charge in [0.25, 0.3) is 0 Å². The molecule has 0 saturated heterocycles. The molecule has 0 radical (unpaired) electrons. The highest BCUT2D eigenvalue weighted by Gasteiger charge is 2.17. The maximum atomic E-state index is 11.7. The van der Waals surface area contributed by atoms with E-state index in [-0.39, 0.29) is 28.0 Å². The van der Waals surface area contributed by atoms with Gasteiger partial charge in [-0.1, -0.05) is 11.3 Å². The molecule has 21 heavy (non-hydrogen) atoms. The molecular weight excluding hydrogens is 302 g/mol. The number of carbonyl (C=O) groups is 2. The lowest BCUT2D eigenvalue weighted by molar-refractivity contribution is -0.380. The number of ether oxygens (including phenoxy) is 2. The zero-order chi connectivity index (χ0) is 15.4. The highest BCUT2D eigenvalue weighted by atomic mass is 32.1. The van der Waals surface area contributed by atoms with Crippen molar-refractivity contribution in [1.29, 1.82) is 0 Å². The molecule has 2 rings (SSSR count). The summed E-state index contributed by atoms with van der Waals surface area (Å²) < 4.78 is 14.5. The average molecular weight is 311 g/mol. The van der Waals surface area contributed by atoms with Gasteiger partial charge in [0.15, 0.2) is 0 Å². The number of carbonyl (C=O) groups excluding carboxylic acids is 2. The Morgan fingerprint density at radius 1 is 1.29 bits per heavy atom. The fraction of sp³-hybridized carbons (Fsp3) is 0.167. The Balaban J connectivity index is 1.95. The molecule has 0 aliphatic rings. The Kier molecular flexibility index (Phi) is 4.33. The molecule has 2 aromatic heterocycles. The number of hydrogen-bond donors (Lipinski definition) is 0. The van der Waals surface area contributed by atoms with Gasteiger partial charge in [-0.3, -0.25) is 10.1 Å². The van der Waals surface area contributed by atoms with Crippen LogP contribution in [0.5, 0.6) is 0 Å². The van der Waals surface area contributed by atoms with E-state index in [1.807, 2.05) is 0 Å². The Labute approximate surface area is 122 Å². The first kappa shape index (κ1) is 14.7. The Hall–Kier alpha value is -2.68. The average Bonchev–Trinajstić information content (AvgIpc) is 3.12. The van der Waals surface area contributed by atoms with E-state index in [1.165, 1.54) is 31.4 Å². The summed E-state index contributed by atoms with van der Waals surface area (Å²) in [7, 11) is 1.22. The third kappa shape index (κ3) is 3.45. The van der Waals surface area contributed by atoms with Crippen molar-refractivity contribution in [3.8, 4) is 0 Å². The molecule has 2 aromatic rings. The van der Waals surface area contributed by atoms with Crippen LogP contribution in [0.25, 0.3) is 0 Å². The Morgan fingerprint density at radius 2 is 2.05 bits per heavy atom. The maximum absolute atomic E-state index is 11.7. The third-order valence-corrected chi connectivity index (χ3v) is 3.38. The fourth-order valence-corrected chi connectivity index (χ4v) is 2.12. The predicted molar refractivity (Wildman–Crippen MR) is 70.1 cm³/mol. The molecule has 0 aliphatic carbocycles. The smallest absolute Gasteiger partial charge is 0.373 e. The SMILES string of the molecule is COC(=O)c1ccc(COC(=O)c2ccc([N+](=O)[O-])s2)o1. The molecule has 110 valence electrons. The van der Waals surface area contributed by atoms with Gasteiger partial charge < -0.3 is 13.9 Å². The van der Waals surface area contributed by atoms with E-state index in [9.17, 15) is 19.7 Å². The Morgan fingerprint density at radius 3 is 2.67 bits per heavy atom. The van der Waals surface area contributed by atoms with Crippen LogP contribution in [0.2, 0.25) is 0 Å². The number of hydrogen-bond acceptors (Lipinski definition) is 8. The van der Waals surface area contributed by atoms with Gasteiger partial charge in [-0.25, -0.2) is 9.59 Å². The van der Waals surface area contributed by atoms with Crippen LogP contribution < -0.4 is 0 Å². The van der Waals surface area contributed by atoms with Crippen molar-refractivity contribution in [2.24, 2.45) is 0 Å². The summed E-state index contributed by atoms with van der Waals surface area (Å²) in [4.78, 5) is 32.9. The molecule has 0 spiro atoms. The van der Waals surface area contributed by atoms with Crippen LogP contribution >= 0.6 is 11.3 Å². The minimum absolute atomic E-state index is 0.00434. The number of nitrogens with zero attached hydrogens (tertiary/aromatic N) is 1. The standard InChI is InChI=1S/C12H9NO7S/c1-18-11(14)8-3-2-7(20-8)6-19-12(15)9-4-5-10(21-9)13(16)17/h2-5H,6H2,1H3. The number of furan rings is 1. The third-order valence-electron chi connectivity index (χ3n) is 2.37. The predicted octanol–water partition coefficient (Wildman–Crippen LogP) is 2.39. The van der Waals surface area contributed by atoms with Crippen LogP contribution in [0.4, 0.5) is 5.00 Å². The monoisotopic (exact) mass is 311 g/mol. The van der Waals surface area contributed by atoms with Crippen molar-refractivity contribution in [2.75, 3.05) is 7.11 Å². The number of nitro groups is 1. The van der Waals surface area contributed by atoms with Crippen molar-refractivity contribution < 1.29 is 28.4 Å². The molecule has 8 nitrogen and oxygen atoms in total. The zero-order valence-corrected chi connectivity index (χ0v) is 11.5. The van der Waals surface area contributed by atoms with Gasteiger partial charge in [0.2, 0.25) is 5.76 Å². The first-order chi connectivity index (χ1) is 10.0. The first-order valence-corrected chi connectivity index (χ1v) is 6.41. The van der Waals surface area contributed by atoms with Crippen LogP contribution in [0.3, 0.4) is 0 Å². The van der Waals surface area contributed by atoms with Crippen molar-refractivity contribution in [3.05, 3.63) is 50.8 Å². The molecule has 0 N–H and O–H groups in total. The van der Waals surface area contributed by atoms with E-state index in [0.29, 0.717) is 0 Å². The highest BCUT2D eigenvalue weighted by molar-refractivity contribution is 7.17. The fourth-order valence-electron chi connectivity index (χ4n) is 1.41. The first-order valence-electron chi connectivity index (χ1n) is 5.59. The van der Waals surface area contributed by atoms with Crippen molar-refractivity contribution in [3.63, 3.8) is 0 Å². The molecule has 0 amide bonds. The molecule has 0 atom stereocenters. The molecule has 9 heteroatoms. The van der Waals surface area contributed by atoms with Crippen LogP contribution in [-0.4, -0.2) is 24.0 Å². The minimum atomic E-state index is -0.705. The topological polar surface area (TPSA) is 109 Å². The second-order valence-corrected chi connectivity index (χ2v) is 4.79. The van der Waals surface area contributed by atoms with Gasteiger partial charge in [-0.15, -0.1) is 0 Å². The summed E-state index contributed by atoms with van der Waals surface area (Å²) >= 11 is 0.720. The van der Waals surface area contributed by atoms with Gasteiger partial charge in [-0.05, 0) is 18.2 Å². The van der Waals surface area contributed by atoms with E-state index >= 15 is 0 Å².